The largest absolute Gasteiger partial charge is 0.308 e. The van der Waals surface area contributed by atoms with Crippen LogP contribution in [0, 0.1) is 0 Å². The van der Waals surface area contributed by atoms with Crippen molar-refractivity contribution >= 4 is 0 Å². The molecule has 1 aliphatic rings. The molecule has 2 rings (SSSR count). The van der Waals surface area contributed by atoms with Crippen molar-refractivity contribution in [3.05, 3.63) is 30.1 Å². The van der Waals surface area contributed by atoms with Gasteiger partial charge < -0.3 is 5.32 Å². The van der Waals surface area contributed by atoms with Crippen molar-refractivity contribution in [3.63, 3.8) is 0 Å². The van der Waals surface area contributed by atoms with E-state index in [2.05, 4.69) is 48.1 Å². The summed E-state index contributed by atoms with van der Waals surface area (Å²) in [6, 6.07) is 6.74. The van der Waals surface area contributed by atoms with E-state index in [0.29, 0.717) is 6.04 Å². The first-order valence-corrected chi connectivity index (χ1v) is 6.45. The first kappa shape index (κ1) is 12.5. The smallest absolute Gasteiger partial charge is 0.0543 e. The van der Waals surface area contributed by atoms with Crippen molar-refractivity contribution in [1.29, 1.82) is 0 Å². The molecule has 1 saturated heterocycles. The van der Waals surface area contributed by atoms with Crippen LogP contribution in [0.25, 0.3) is 0 Å². The molecule has 0 saturated carbocycles. The Balaban J connectivity index is 2.01. The molecule has 0 bridgehead atoms. The third kappa shape index (κ3) is 3.79. The van der Waals surface area contributed by atoms with E-state index in [0.717, 1.165) is 25.3 Å². The fourth-order valence-electron chi connectivity index (χ4n) is 2.65. The Kier molecular flexibility index (Phi) is 3.79. The van der Waals surface area contributed by atoms with E-state index in [9.17, 15) is 0 Å². The molecule has 1 aliphatic heterocycles. The van der Waals surface area contributed by atoms with Gasteiger partial charge in [0.2, 0.25) is 0 Å². The molecule has 0 amide bonds. The van der Waals surface area contributed by atoms with Gasteiger partial charge in [0, 0.05) is 37.4 Å². The number of nitrogens with one attached hydrogen (secondary N) is 1. The Morgan fingerprint density at radius 3 is 3.00 bits per heavy atom. The number of hydrogen-bond donors (Lipinski definition) is 1. The lowest BCUT2D eigenvalue weighted by molar-refractivity contribution is 0.220. The Hall–Kier alpha value is -0.930. The highest BCUT2D eigenvalue weighted by Crippen LogP contribution is 2.15. The molecular weight excluding hydrogens is 210 g/mol. The maximum atomic E-state index is 4.41. The van der Waals surface area contributed by atoms with Crippen LogP contribution in [0.2, 0.25) is 0 Å². The second-order valence-corrected chi connectivity index (χ2v) is 5.75. The average Bonchev–Trinajstić information content (AvgIpc) is 2.38. The minimum atomic E-state index is 0.185. The molecule has 3 heteroatoms. The molecule has 0 spiro atoms. The summed E-state index contributed by atoms with van der Waals surface area (Å²) >= 11 is 0. The Morgan fingerprint density at radius 2 is 2.29 bits per heavy atom. The highest BCUT2D eigenvalue weighted by atomic mass is 15.2. The normalized spacial score (nSPS) is 25.5. The maximum absolute atomic E-state index is 4.41. The van der Waals surface area contributed by atoms with Crippen LogP contribution in [0.4, 0.5) is 0 Å². The van der Waals surface area contributed by atoms with E-state index in [-0.39, 0.29) is 5.54 Å². The third-order valence-corrected chi connectivity index (χ3v) is 3.25. The van der Waals surface area contributed by atoms with E-state index in [1.807, 2.05) is 12.3 Å². The molecule has 1 aromatic rings. The summed E-state index contributed by atoms with van der Waals surface area (Å²) in [4.78, 5) is 6.91. The van der Waals surface area contributed by atoms with E-state index in [1.165, 1.54) is 6.42 Å². The lowest BCUT2D eigenvalue weighted by Gasteiger charge is -2.30. The predicted octanol–water partition coefficient (Wildman–Crippen LogP) is 2.04. The number of nitrogens with zero attached hydrogens (tertiary/aromatic N) is 2. The molecule has 1 atom stereocenters. The monoisotopic (exact) mass is 233 g/mol. The molecule has 94 valence electrons. The van der Waals surface area contributed by atoms with Gasteiger partial charge >= 0.3 is 0 Å². The van der Waals surface area contributed by atoms with Crippen molar-refractivity contribution in [2.45, 2.75) is 45.3 Å². The van der Waals surface area contributed by atoms with Crippen molar-refractivity contribution in [3.8, 4) is 0 Å². The van der Waals surface area contributed by atoms with Gasteiger partial charge in [-0.2, -0.15) is 0 Å². The van der Waals surface area contributed by atoms with Gasteiger partial charge in [0.1, 0.15) is 0 Å². The van der Waals surface area contributed by atoms with Crippen LogP contribution in [0.3, 0.4) is 0 Å². The Morgan fingerprint density at radius 1 is 1.47 bits per heavy atom. The number of hydrogen-bond acceptors (Lipinski definition) is 3. The minimum absolute atomic E-state index is 0.185. The summed E-state index contributed by atoms with van der Waals surface area (Å²) in [5.41, 5.74) is 1.35. The van der Waals surface area contributed by atoms with E-state index in [1.54, 1.807) is 0 Å². The molecule has 1 unspecified atom stereocenters. The van der Waals surface area contributed by atoms with E-state index in [4.69, 9.17) is 0 Å². The van der Waals surface area contributed by atoms with Gasteiger partial charge in [-0.25, -0.2) is 0 Å². The van der Waals surface area contributed by atoms with E-state index < -0.39 is 0 Å². The fourth-order valence-corrected chi connectivity index (χ4v) is 2.65. The van der Waals surface area contributed by atoms with Crippen LogP contribution in [-0.2, 0) is 6.54 Å². The Bertz CT molecular complexity index is 348. The summed E-state index contributed by atoms with van der Waals surface area (Å²) in [7, 11) is 0. The molecule has 0 radical (unpaired) electrons. The number of pyridine rings is 1. The highest BCUT2D eigenvalue weighted by Gasteiger charge is 2.27. The van der Waals surface area contributed by atoms with Gasteiger partial charge in [-0.3, -0.25) is 9.88 Å². The van der Waals surface area contributed by atoms with Crippen LogP contribution in [0.5, 0.6) is 0 Å². The minimum Gasteiger partial charge on any atom is -0.308 e. The molecule has 17 heavy (non-hydrogen) atoms. The summed E-state index contributed by atoms with van der Waals surface area (Å²) in [6.45, 7) is 10.0. The standard InChI is InChI=1S/C14H23N3/c1-12-7-9-17(11-14(2,3)16-12)10-13-6-4-5-8-15-13/h4-6,8,12,16H,7,9-11H2,1-3H3. The zero-order chi connectivity index (χ0) is 12.3. The van der Waals surface area contributed by atoms with Gasteiger partial charge in [-0.05, 0) is 39.3 Å². The lowest BCUT2D eigenvalue weighted by Crippen LogP contribution is -2.48. The molecule has 2 heterocycles. The zero-order valence-electron chi connectivity index (χ0n) is 11.1. The molecular formula is C14H23N3. The summed E-state index contributed by atoms with van der Waals surface area (Å²) in [6.07, 6.45) is 3.08. The summed E-state index contributed by atoms with van der Waals surface area (Å²) in [5, 5.41) is 3.67. The van der Waals surface area contributed by atoms with Crippen molar-refractivity contribution in [1.82, 2.24) is 15.2 Å². The fraction of sp³-hybridized carbons (Fsp3) is 0.643. The lowest BCUT2D eigenvalue weighted by atomic mass is 10.0. The van der Waals surface area contributed by atoms with Gasteiger partial charge in [0.15, 0.2) is 0 Å². The SMILES string of the molecule is CC1CCN(Cc2ccccn2)CC(C)(C)N1. The van der Waals surface area contributed by atoms with Gasteiger partial charge in [0.25, 0.3) is 0 Å². The third-order valence-electron chi connectivity index (χ3n) is 3.25. The van der Waals surface area contributed by atoms with E-state index >= 15 is 0 Å². The zero-order valence-corrected chi connectivity index (χ0v) is 11.1. The Labute approximate surface area is 104 Å². The van der Waals surface area contributed by atoms with Gasteiger partial charge in [-0.1, -0.05) is 6.07 Å². The molecule has 0 aliphatic carbocycles. The average molecular weight is 233 g/mol. The number of aromatic nitrogens is 1. The van der Waals surface area contributed by atoms with Crippen molar-refractivity contribution in [2.75, 3.05) is 13.1 Å². The number of rotatable bonds is 2. The van der Waals surface area contributed by atoms with Crippen LogP contribution < -0.4 is 5.32 Å². The summed E-state index contributed by atoms with van der Waals surface area (Å²) in [5.74, 6) is 0. The van der Waals surface area contributed by atoms with Crippen LogP contribution >= 0.6 is 0 Å². The molecule has 0 aromatic carbocycles. The second-order valence-electron chi connectivity index (χ2n) is 5.75. The summed E-state index contributed by atoms with van der Waals surface area (Å²) < 4.78 is 0. The van der Waals surface area contributed by atoms with Crippen LogP contribution in [-0.4, -0.2) is 34.6 Å². The molecule has 1 N–H and O–H groups in total. The second kappa shape index (κ2) is 5.15. The van der Waals surface area contributed by atoms with Crippen LogP contribution in [0.1, 0.15) is 32.9 Å². The van der Waals surface area contributed by atoms with Gasteiger partial charge in [-0.15, -0.1) is 0 Å². The predicted molar refractivity (Wildman–Crippen MR) is 70.8 cm³/mol. The first-order chi connectivity index (χ1) is 8.05. The highest BCUT2D eigenvalue weighted by molar-refractivity contribution is 5.04. The van der Waals surface area contributed by atoms with Crippen molar-refractivity contribution < 1.29 is 0 Å². The first-order valence-electron chi connectivity index (χ1n) is 6.45. The van der Waals surface area contributed by atoms with Crippen LogP contribution in [0.15, 0.2) is 24.4 Å². The molecule has 3 nitrogen and oxygen atoms in total. The quantitative estimate of drug-likeness (QED) is 0.847. The molecule has 1 fully saturated rings. The van der Waals surface area contributed by atoms with Gasteiger partial charge in [0.05, 0.1) is 5.69 Å². The maximum Gasteiger partial charge on any atom is 0.0543 e. The molecule has 1 aromatic heterocycles. The topological polar surface area (TPSA) is 28.2 Å². The van der Waals surface area contributed by atoms with Crippen molar-refractivity contribution in [2.24, 2.45) is 0 Å².